The van der Waals surface area contributed by atoms with Gasteiger partial charge < -0.3 is 16.0 Å². The summed E-state index contributed by atoms with van der Waals surface area (Å²) < 4.78 is 13.9. The van der Waals surface area contributed by atoms with Crippen molar-refractivity contribution in [2.24, 2.45) is 5.73 Å². The third-order valence-electron chi connectivity index (χ3n) is 6.25. The van der Waals surface area contributed by atoms with Crippen LogP contribution in [0.1, 0.15) is 52.0 Å². The highest BCUT2D eigenvalue weighted by Gasteiger charge is 2.32. The van der Waals surface area contributed by atoms with E-state index in [0.29, 0.717) is 26.9 Å². The molecule has 4 rings (SSSR count). The lowest BCUT2D eigenvalue weighted by Gasteiger charge is -2.38. The third kappa shape index (κ3) is 6.20. The number of nitrogens with two attached hydrogens (primary N) is 1. The first-order chi connectivity index (χ1) is 16.8. The highest BCUT2D eigenvalue weighted by Crippen LogP contribution is 2.29. The van der Waals surface area contributed by atoms with Gasteiger partial charge in [-0.25, -0.2) is 4.39 Å². The van der Waals surface area contributed by atoms with Crippen LogP contribution >= 0.6 is 23.2 Å². The van der Waals surface area contributed by atoms with Gasteiger partial charge in [0.15, 0.2) is 0 Å². The number of rotatable bonds is 6. The van der Waals surface area contributed by atoms with Gasteiger partial charge in [0.25, 0.3) is 11.8 Å². The van der Waals surface area contributed by atoms with Gasteiger partial charge in [-0.05, 0) is 73.0 Å². The van der Waals surface area contributed by atoms with Gasteiger partial charge in [0.05, 0.1) is 0 Å². The summed E-state index contributed by atoms with van der Waals surface area (Å²) in [4.78, 5) is 27.9. The first kappa shape index (κ1) is 25.2. The van der Waals surface area contributed by atoms with Gasteiger partial charge >= 0.3 is 0 Å². The molecule has 1 aliphatic carbocycles. The molecule has 0 bridgehead atoms. The van der Waals surface area contributed by atoms with Crippen molar-refractivity contribution in [2.45, 2.75) is 44.3 Å². The molecule has 0 heterocycles. The Kier molecular flexibility index (Phi) is 8.06. The number of nitrogens with zero attached hydrogens (tertiary/aromatic N) is 1. The first-order valence-electron chi connectivity index (χ1n) is 11.5. The lowest BCUT2D eigenvalue weighted by atomic mass is 9.89. The summed E-state index contributed by atoms with van der Waals surface area (Å²) in [6.07, 6.45) is 3.52. The molecule has 35 heavy (non-hydrogen) atoms. The Morgan fingerprint density at radius 2 is 1.71 bits per heavy atom. The molecule has 182 valence electrons. The number of nitrogens with one attached hydrogen (secondary N) is 1. The Morgan fingerprint density at radius 1 is 0.971 bits per heavy atom. The molecule has 5 nitrogen and oxygen atoms in total. The lowest BCUT2D eigenvalue weighted by molar-refractivity contribution is 0.0583. The fourth-order valence-corrected chi connectivity index (χ4v) is 4.81. The molecule has 3 N–H and O–H groups in total. The van der Waals surface area contributed by atoms with Gasteiger partial charge in [0.2, 0.25) is 0 Å². The van der Waals surface area contributed by atoms with Gasteiger partial charge in [-0.15, -0.1) is 0 Å². The number of hydrogen-bond acceptors (Lipinski definition) is 3. The average molecular weight is 514 g/mol. The van der Waals surface area contributed by atoms with E-state index >= 15 is 0 Å². The second kappa shape index (κ2) is 11.2. The summed E-state index contributed by atoms with van der Waals surface area (Å²) >= 11 is 12.5. The molecule has 1 saturated carbocycles. The summed E-state index contributed by atoms with van der Waals surface area (Å²) in [5.74, 6) is -1.11. The molecule has 0 saturated heterocycles. The highest BCUT2D eigenvalue weighted by atomic mass is 35.5. The van der Waals surface area contributed by atoms with Crippen molar-refractivity contribution < 1.29 is 14.0 Å². The largest absolute Gasteiger partial charge is 0.330 e. The number of hydrogen-bond donors (Lipinski definition) is 2. The monoisotopic (exact) mass is 513 g/mol. The Morgan fingerprint density at radius 3 is 2.46 bits per heavy atom. The van der Waals surface area contributed by atoms with E-state index in [9.17, 15) is 14.0 Å². The van der Waals surface area contributed by atoms with Gasteiger partial charge in [-0.1, -0.05) is 48.2 Å². The standard InChI is InChI=1S/C27H26Cl2FN3O2/c28-20-7-3-5-17(13-20)26(34)32-22-11-12-23(29)19(15-22)16-33(25-10-2-1-9-24(25)31)27(35)18-6-4-8-21(30)14-18/h3-8,11-15,24-25H,1-2,9-10,16,31H2,(H,32,34). The normalized spacial score (nSPS) is 17.6. The molecule has 0 spiro atoms. The number of halogens is 3. The van der Waals surface area contributed by atoms with E-state index in [1.807, 2.05) is 0 Å². The Balaban J connectivity index is 1.62. The minimum Gasteiger partial charge on any atom is -0.330 e. The molecule has 3 aromatic rings. The SMILES string of the molecule is NC1CCCCC1N(Cc1cc(NC(=O)c2cccc(Cl)c2)ccc1Cl)C(=O)c1cccc(F)c1. The zero-order chi connectivity index (χ0) is 24.9. The number of anilines is 1. The smallest absolute Gasteiger partial charge is 0.255 e. The topological polar surface area (TPSA) is 75.4 Å². The van der Waals surface area contributed by atoms with Crippen molar-refractivity contribution in [2.75, 3.05) is 5.32 Å². The maximum Gasteiger partial charge on any atom is 0.255 e. The summed E-state index contributed by atoms with van der Waals surface area (Å²) in [6.45, 7) is 0.174. The van der Waals surface area contributed by atoms with E-state index in [1.54, 1.807) is 53.4 Å². The van der Waals surface area contributed by atoms with E-state index in [-0.39, 0.29) is 36.0 Å². The van der Waals surface area contributed by atoms with Gasteiger partial charge in [0, 0.05) is 45.5 Å². The van der Waals surface area contributed by atoms with Crippen molar-refractivity contribution >= 4 is 40.7 Å². The number of carbonyl (C=O) groups excluding carboxylic acids is 2. The maximum absolute atomic E-state index is 13.9. The minimum absolute atomic E-state index is 0.174. The molecule has 2 atom stereocenters. The molecule has 1 fully saturated rings. The molecule has 0 aromatic heterocycles. The van der Waals surface area contributed by atoms with Crippen molar-refractivity contribution in [3.05, 3.63) is 99.3 Å². The maximum atomic E-state index is 13.9. The van der Waals surface area contributed by atoms with Crippen LogP contribution in [0.4, 0.5) is 10.1 Å². The molecule has 2 unspecified atom stereocenters. The number of benzene rings is 3. The second-order valence-electron chi connectivity index (χ2n) is 8.73. The molecule has 8 heteroatoms. The second-order valence-corrected chi connectivity index (χ2v) is 9.57. The van der Waals surface area contributed by atoms with E-state index in [1.165, 1.54) is 18.2 Å². The molecule has 0 aliphatic heterocycles. The third-order valence-corrected chi connectivity index (χ3v) is 6.85. The van der Waals surface area contributed by atoms with E-state index in [2.05, 4.69) is 5.32 Å². The van der Waals surface area contributed by atoms with Crippen LogP contribution in [-0.4, -0.2) is 28.8 Å². The zero-order valence-electron chi connectivity index (χ0n) is 19.0. The van der Waals surface area contributed by atoms with Crippen LogP contribution in [0.3, 0.4) is 0 Å². The average Bonchev–Trinajstić information content (AvgIpc) is 2.84. The van der Waals surface area contributed by atoms with Crippen LogP contribution in [0.25, 0.3) is 0 Å². The van der Waals surface area contributed by atoms with E-state index < -0.39 is 5.82 Å². The van der Waals surface area contributed by atoms with E-state index in [4.69, 9.17) is 28.9 Å². The highest BCUT2D eigenvalue weighted by molar-refractivity contribution is 6.31. The predicted octanol–water partition coefficient (Wildman–Crippen LogP) is 6.30. The summed E-state index contributed by atoms with van der Waals surface area (Å²) in [7, 11) is 0. The predicted molar refractivity (Wildman–Crippen MR) is 137 cm³/mol. The van der Waals surface area contributed by atoms with Crippen LogP contribution < -0.4 is 11.1 Å². The number of amides is 2. The molecule has 3 aromatic carbocycles. The molecule has 1 aliphatic rings. The zero-order valence-corrected chi connectivity index (χ0v) is 20.5. The quantitative estimate of drug-likeness (QED) is 0.406. The lowest BCUT2D eigenvalue weighted by Crippen LogP contribution is -2.51. The minimum atomic E-state index is -0.479. The Labute approximate surface area is 214 Å². The van der Waals surface area contributed by atoms with Crippen LogP contribution in [-0.2, 0) is 6.54 Å². The summed E-state index contributed by atoms with van der Waals surface area (Å²) in [5, 5.41) is 3.76. The Bertz CT molecular complexity index is 1240. The van der Waals surface area contributed by atoms with E-state index in [0.717, 1.165) is 25.7 Å². The van der Waals surface area contributed by atoms with Crippen LogP contribution in [0.2, 0.25) is 10.0 Å². The summed E-state index contributed by atoms with van der Waals surface area (Å²) in [5.41, 5.74) is 8.28. The fraction of sp³-hybridized carbons (Fsp3) is 0.259. The molecule has 0 radical (unpaired) electrons. The van der Waals surface area contributed by atoms with Crippen molar-refractivity contribution in [3.63, 3.8) is 0 Å². The van der Waals surface area contributed by atoms with Crippen molar-refractivity contribution in [1.82, 2.24) is 4.90 Å². The van der Waals surface area contributed by atoms with Gasteiger partial charge in [-0.3, -0.25) is 9.59 Å². The molecular formula is C27H26Cl2FN3O2. The molecule has 2 amide bonds. The van der Waals surface area contributed by atoms with Crippen LogP contribution in [0, 0.1) is 5.82 Å². The first-order valence-corrected chi connectivity index (χ1v) is 12.2. The number of carbonyl (C=O) groups is 2. The van der Waals surface area contributed by atoms with Crippen molar-refractivity contribution in [1.29, 1.82) is 0 Å². The van der Waals surface area contributed by atoms with Crippen LogP contribution in [0.5, 0.6) is 0 Å². The fourth-order valence-electron chi connectivity index (χ4n) is 4.44. The van der Waals surface area contributed by atoms with Gasteiger partial charge in [-0.2, -0.15) is 0 Å². The Hall–Kier alpha value is -2.93. The van der Waals surface area contributed by atoms with Gasteiger partial charge in [0.1, 0.15) is 5.82 Å². The molecular weight excluding hydrogens is 488 g/mol. The summed E-state index contributed by atoms with van der Waals surface area (Å²) in [6, 6.07) is 17.0. The van der Waals surface area contributed by atoms with Crippen LogP contribution in [0.15, 0.2) is 66.7 Å². The van der Waals surface area contributed by atoms with Crippen molar-refractivity contribution in [3.8, 4) is 0 Å².